The van der Waals surface area contributed by atoms with Crippen molar-refractivity contribution in [2.24, 2.45) is 0 Å². The molecule has 0 atom stereocenters. The van der Waals surface area contributed by atoms with Crippen LogP contribution < -0.4 is 10.2 Å². The van der Waals surface area contributed by atoms with E-state index in [0.29, 0.717) is 6.54 Å². The number of hydrogen-bond acceptors (Lipinski definition) is 7. The number of nitrogens with zero attached hydrogens (tertiary/aromatic N) is 3. The number of carbonyl (C=O) groups is 1. The second-order valence-corrected chi connectivity index (χ2v) is 12.1. The van der Waals surface area contributed by atoms with Crippen LogP contribution in [0.3, 0.4) is 0 Å². The third kappa shape index (κ3) is 5.95. The highest BCUT2D eigenvalue weighted by Gasteiger charge is 2.21. The Balaban J connectivity index is 1.19. The van der Waals surface area contributed by atoms with Crippen molar-refractivity contribution in [3.8, 4) is 0 Å². The molecule has 0 radical (unpaired) electrons. The van der Waals surface area contributed by atoms with Crippen LogP contribution in [0.1, 0.15) is 23.1 Å². The van der Waals surface area contributed by atoms with Gasteiger partial charge in [0.25, 0.3) is 0 Å². The Morgan fingerprint density at radius 1 is 1.03 bits per heavy atom. The molecular formula is C25H32N4O3S2. The van der Waals surface area contributed by atoms with Gasteiger partial charge in [-0.2, -0.15) is 0 Å². The van der Waals surface area contributed by atoms with Gasteiger partial charge in [0.2, 0.25) is 5.91 Å². The van der Waals surface area contributed by atoms with Crippen LogP contribution in [0.15, 0.2) is 41.3 Å². The molecule has 0 spiro atoms. The minimum absolute atomic E-state index is 0.0273. The lowest BCUT2D eigenvalue weighted by Gasteiger charge is -2.34. The van der Waals surface area contributed by atoms with Crippen molar-refractivity contribution in [1.29, 1.82) is 0 Å². The zero-order valence-corrected chi connectivity index (χ0v) is 21.6. The molecule has 1 amide bonds. The van der Waals surface area contributed by atoms with Crippen molar-refractivity contribution >= 4 is 42.4 Å². The van der Waals surface area contributed by atoms with E-state index in [1.165, 1.54) is 15.8 Å². The average Bonchev–Trinajstić information content (AvgIpc) is 3.23. The van der Waals surface area contributed by atoms with Crippen molar-refractivity contribution in [1.82, 2.24) is 15.2 Å². The highest BCUT2D eigenvalue weighted by molar-refractivity contribution is 7.91. The summed E-state index contributed by atoms with van der Waals surface area (Å²) in [6, 6.07) is 11.1. The van der Waals surface area contributed by atoms with Gasteiger partial charge in [0.05, 0.1) is 20.9 Å². The summed E-state index contributed by atoms with van der Waals surface area (Å²) in [6.07, 6.45) is -0.0273. The quantitative estimate of drug-likeness (QED) is 0.511. The first kappa shape index (κ1) is 24.6. The third-order valence-electron chi connectivity index (χ3n) is 6.19. The Bertz CT molecular complexity index is 1260. The average molecular weight is 501 g/mol. The van der Waals surface area contributed by atoms with E-state index in [1.807, 2.05) is 6.92 Å². The third-order valence-corrected chi connectivity index (χ3v) is 8.98. The number of aromatic nitrogens is 1. The van der Waals surface area contributed by atoms with Crippen molar-refractivity contribution in [3.05, 3.63) is 53.1 Å². The van der Waals surface area contributed by atoms with Gasteiger partial charge in [0, 0.05) is 45.7 Å². The van der Waals surface area contributed by atoms with Gasteiger partial charge in [-0.25, -0.2) is 13.4 Å². The van der Waals surface area contributed by atoms with Gasteiger partial charge < -0.3 is 10.2 Å². The predicted molar refractivity (Wildman–Crippen MR) is 139 cm³/mol. The summed E-state index contributed by atoms with van der Waals surface area (Å²) in [6.45, 7) is 11.0. The minimum atomic E-state index is -3.45. The molecule has 0 aliphatic carbocycles. The fourth-order valence-corrected chi connectivity index (χ4v) is 6.62. The fourth-order valence-electron chi connectivity index (χ4n) is 4.19. The fraction of sp³-hybridized carbons (Fsp3) is 0.440. The largest absolute Gasteiger partial charge is 0.355 e. The van der Waals surface area contributed by atoms with E-state index in [-0.39, 0.29) is 23.0 Å². The topological polar surface area (TPSA) is 82.6 Å². The minimum Gasteiger partial charge on any atom is -0.355 e. The molecule has 0 bridgehead atoms. The summed E-state index contributed by atoms with van der Waals surface area (Å²) in [5.74, 6) is -0.406. The summed E-state index contributed by atoms with van der Waals surface area (Å²) < 4.78 is 26.1. The van der Waals surface area contributed by atoms with E-state index in [1.54, 1.807) is 35.6 Å². The second-order valence-electron chi connectivity index (χ2n) is 8.99. The first-order valence-corrected chi connectivity index (χ1v) is 14.1. The van der Waals surface area contributed by atoms with Gasteiger partial charge in [0.15, 0.2) is 15.0 Å². The molecule has 2 aromatic carbocycles. The molecule has 3 aromatic rings. The lowest BCUT2D eigenvalue weighted by molar-refractivity contribution is -0.120. The van der Waals surface area contributed by atoms with Gasteiger partial charge in [-0.15, -0.1) is 0 Å². The predicted octanol–water partition coefficient (Wildman–Crippen LogP) is 3.32. The Morgan fingerprint density at radius 3 is 2.44 bits per heavy atom. The highest BCUT2D eigenvalue weighted by Crippen LogP contribution is 2.32. The SMILES string of the molecule is Cc1ccc(S(=O)(=O)CCC(=O)NCCN2CCN(c3nc4c(C)cc(C)cc4s3)CC2)cc1. The van der Waals surface area contributed by atoms with Crippen LogP contribution in [0.25, 0.3) is 10.2 Å². The molecule has 1 aliphatic rings. The number of amides is 1. The van der Waals surface area contributed by atoms with Crippen LogP contribution >= 0.6 is 11.3 Å². The molecule has 9 heteroatoms. The number of hydrogen-bond donors (Lipinski definition) is 1. The van der Waals surface area contributed by atoms with Crippen LogP contribution in [-0.2, 0) is 14.6 Å². The van der Waals surface area contributed by atoms with E-state index in [0.717, 1.165) is 48.9 Å². The van der Waals surface area contributed by atoms with Gasteiger partial charge in [-0.05, 0) is 50.1 Å². The summed E-state index contributed by atoms with van der Waals surface area (Å²) in [4.78, 5) is 22.0. The number of sulfone groups is 1. The Labute approximate surface area is 205 Å². The van der Waals surface area contributed by atoms with Crippen molar-refractivity contribution in [3.63, 3.8) is 0 Å². The number of rotatable bonds is 8. The first-order chi connectivity index (χ1) is 16.2. The lowest BCUT2D eigenvalue weighted by Crippen LogP contribution is -2.48. The lowest BCUT2D eigenvalue weighted by atomic mass is 10.1. The first-order valence-electron chi connectivity index (χ1n) is 11.6. The van der Waals surface area contributed by atoms with E-state index in [4.69, 9.17) is 4.98 Å². The Morgan fingerprint density at radius 2 is 1.74 bits per heavy atom. The van der Waals surface area contributed by atoms with Crippen molar-refractivity contribution in [2.45, 2.75) is 32.1 Å². The number of aryl methyl sites for hydroxylation is 3. The maximum absolute atomic E-state index is 12.4. The maximum Gasteiger partial charge on any atom is 0.221 e. The number of carbonyl (C=O) groups excluding carboxylic acids is 1. The molecule has 1 aliphatic heterocycles. The van der Waals surface area contributed by atoms with Gasteiger partial charge >= 0.3 is 0 Å². The van der Waals surface area contributed by atoms with Crippen LogP contribution in [0.5, 0.6) is 0 Å². The van der Waals surface area contributed by atoms with Crippen LogP contribution in [0.2, 0.25) is 0 Å². The molecule has 0 unspecified atom stereocenters. The molecule has 4 rings (SSSR count). The molecule has 34 heavy (non-hydrogen) atoms. The normalized spacial score (nSPS) is 15.1. The van der Waals surface area contributed by atoms with E-state index in [9.17, 15) is 13.2 Å². The molecule has 1 aromatic heterocycles. The number of benzene rings is 2. The van der Waals surface area contributed by atoms with Gasteiger partial charge in [-0.3, -0.25) is 9.69 Å². The molecule has 1 saturated heterocycles. The number of thiazole rings is 1. The van der Waals surface area contributed by atoms with Crippen LogP contribution in [0, 0.1) is 20.8 Å². The van der Waals surface area contributed by atoms with Crippen LogP contribution in [-0.4, -0.2) is 69.2 Å². The summed E-state index contributed by atoms with van der Waals surface area (Å²) in [5.41, 5.74) is 4.58. The number of piperazine rings is 1. The Hall–Kier alpha value is -2.49. The molecule has 182 valence electrons. The molecule has 1 N–H and O–H groups in total. The van der Waals surface area contributed by atoms with Crippen LogP contribution in [0.4, 0.5) is 5.13 Å². The highest BCUT2D eigenvalue weighted by atomic mass is 32.2. The van der Waals surface area contributed by atoms with Crippen molar-refractivity contribution < 1.29 is 13.2 Å². The van der Waals surface area contributed by atoms with E-state index in [2.05, 4.69) is 41.1 Å². The maximum atomic E-state index is 12.4. The van der Waals surface area contributed by atoms with Crippen molar-refractivity contribution in [2.75, 3.05) is 49.9 Å². The van der Waals surface area contributed by atoms with E-state index >= 15 is 0 Å². The molecule has 7 nitrogen and oxygen atoms in total. The van der Waals surface area contributed by atoms with Gasteiger partial charge in [-0.1, -0.05) is 35.1 Å². The summed E-state index contributed by atoms with van der Waals surface area (Å²) in [5, 5.41) is 3.94. The number of fused-ring (bicyclic) bond motifs is 1. The molecular weight excluding hydrogens is 468 g/mol. The standard InChI is InChI=1S/C25H32N4O3S2/c1-18-4-6-21(7-5-18)34(31,32)15-8-23(30)26-9-10-28-11-13-29(14-12-28)25-27-24-20(3)16-19(2)17-22(24)33-25/h4-7,16-17H,8-15H2,1-3H3,(H,26,30). The number of anilines is 1. The molecule has 2 heterocycles. The second kappa shape index (κ2) is 10.4. The zero-order chi connectivity index (χ0) is 24.3. The Kier molecular flexibility index (Phi) is 7.54. The smallest absolute Gasteiger partial charge is 0.221 e. The zero-order valence-electron chi connectivity index (χ0n) is 20.0. The molecule has 1 fully saturated rings. The monoisotopic (exact) mass is 500 g/mol. The van der Waals surface area contributed by atoms with Gasteiger partial charge in [0.1, 0.15) is 0 Å². The summed E-state index contributed by atoms with van der Waals surface area (Å²) in [7, 11) is -3.45. The number of nitrogens with one attached hydrogen (secondary N) is 1. The molecule has 0 saturated carbocycles. The summed E-state index contributed by atoms with van der Waals surface area (Å²) >= 11 is 1.75. The van der Waals surface area contributed by atoms with E-state index < -0.39 is 9.84 Å².